The Labute approximate surface area is 141 Å². The minimum atomic E-state index is -0.424. The quantitative estimate of drug-likeness (QED) is 0.293. The molecule has 1 radical (unpaired) electrons. The first-order chi connectivity index (χ1) is 9.26. The first-order valence-corrected chi connectivity index (χ1v) is 7.11. The number of rotatable bonds is 0. The molecular formula is C10H10BBrCl2NO4S. The van der Waals surface area contributed by atoms with Crippen molar-refractivity contribution in [3.63, 3.8) is 0 Å². The van der Waals surface area contributed by atoms with Crippen molar-refractivity contribution in [3.8, 4) is 0 Å². The summed E-state index contributed by atoms with van der Waals surface area (Å²) in [5, 5.41) is 0.543. The van der Waals surface area contributed by atoms with Gasteiger partial charge in [0.1, 0.15) is 6.61 Å². The molecule has 0 N–H and O–H groups in total. The molecule has 5 nitrogen and oxygen atoms in total. The number of thiol groups is 1. The number of halogens is 3. The van der Waals surface area contributed by atoms with Crippen LogP contribution < -0.4 is 0 Å². The van der Waals surface area contributed by atoms with Crippen molar-refractivity contribution in [1.29, 1.82) is 0 Å². The third-order valence-electron chi connectivity index (χ3n) is 2.12. The zero-order valence-corrected chi connectivity index (χ0v) is 14.5. The van der Waals surface area contributed by atoms with E-state index in [-0.39, 0.29) is 18.5 Å². The van der Waals surface area contributed by atoms with E-state index in [0.29, 0.717) is 21.2 Å². The van der Waals surface area contributed by atoms with Crippen molar-refractivity contribution in [2.75, 3.05) is 6.61 Å². The third kappa shape index (κ3) is 5.99. The predicted octanol–water partition coefficient (Wildman–Crippen LogP) is 3.02. The molecule has 0 aromatic carbocycles. The number of ether oxygens (including phenoxy) is 2. The van der Waals surface area contributed by atoms with Crippen LogP contribution in [0, 0.1) is 0 Å². The number of esters is 2. The van der Waals surface area contributed by atoms with Crippen LogP contribution in [0.15, 0.2) is 25.5 Å². The summed E-state index contributed by atoms with van der Waals surface area (Å²) in [5.41, 5.74) is 1.02. The molecule has 2 heterocycles. The molecule has 0 saturated carbocycles. The Balaban J connectivity index is 0.000000304. The second-order valence-electron chi connectivity index (χ2n) is 3.42. The number of hydrogen-bond donors (Lipinski definition) is 1. The Morgan fingerprint density at radius 3 is 1.90 bits per heavy atom. The molecule has 20 heavy (non-hydrogen) atoms. The van der Waals surface area contributed by atoms with Crippen LogP contribution >= 0.6 is 51.9 Å². The predicted molar refractivity (Wildman–Crippen MR) is 84.0 cm³/mol. The number of carbonyl (C=O) groups is 2. The van der Waals surface area contributed by atoms with Gasteiger partial charge in [-0.2, -0.15) is 0 Å². The van der Waals surface area contributed by atoms with Gasteiger partial charge in [-0.05, 0) is 29.8 Å². The summed E-state index contributed by atoms with van der Waals surface area (Å²) in [5.74, 6) is -0.642. The van der Waals surface area contributed by atoms with Crippen LogP contribution in [-0.4, -0.2) is 31.2 Å². The molecule has 2 aliphatic heterocycles. The summed E-state index contributed by atoms with van der Waals surface area (Å²) < 4.78 is 11.9. The van der Waals surface area contributed by atoms with Crippen LogP contribution in [0.4, 0.5) is 0 Å². The fourth-order valence-electron chi connectivity index (χ4n) is 0.958. The van der Waals surface area contributed by atoms with Crippen LogP contribution in [0.5, 0.6) is 0 Å². The van der Waals surface area contributed by atoms with E-state index in [0.717, 1.165) is 0 Å². The van der Waals surface area contributed by atoms with Crippen molar-refractivity contribution in [2.45, 2.75) is 18.9 Å². The van der Waals surface area contributed by atoms with Gasteiger partial charge in [0.2, 0.25) is 0 Å². The molecule has 0 spiro atoms. The van der Waals surface area contributed by atoms with Crippen molar-refractivity contribution in [1.82, 2.24) is 0 Å². The summed E-state index contributed by atoms with van der Waals surface area (Å²) >= 11 is 17.3. The van der Waals surface area contributed by atoms with E-state index in [2.05, 4.69) is 50.2 Å². The van der Waals surface area contributed by atoms with Gasteiger partial charge in [-0.3, -0.25) is 0 Å². The standard InChI is InChI=1S/C5H4BrClO2.C5H5ClO2.BHNS/c1-2-3(7)4(6)9-5(2)8;1-3-4(6)2-8-5(3)7;1-2-3/h4H,1H3;2H2,1H3;3H. The topological polar surface area (TPSA) is 65.0 Å². The van der Waals surface area contributed by atoms with Gasteiger partial charge in [0.05, 0.1) is 21.2 Å². The van der Waals surface area contributed by atoms with Crippen LogP contribution in [-0.2, 0) is 19.1 Å². The fraction of sp³-hybridized carbons (Fsp3) is 0.400. The van der Waals surface area contributed by atoms with Gasteiger partial charge in [0.25, 0.3) is 0 Å². The third-order valence-corrected chi connectivity index (χ3v) is 3.90. The molecule has 2 aliphatic rings. The van der Waals surface area contributed by atoms with E-state index in [9.17, 15) is 9.59 Å². The summed E-state index contributed by atoms with van der Waals surface area (Å²) in [6.07, 6.45) is 0. The number of alkyl halides is 1. The molecule has 1 unspecified atom stereocenters. The van der Waals surface area contributed by atoms with Crippen LogP contribution in [0.25, 0.3) is 0 Å². The van der Waals surface area contributed by atoms with E-state index < -0.39 is 5.01 Å². The molecule has 0 aromatic rings. The summed E-state index contributed by atoms with van der Waals surface area (Å²) in [6, 6.07) is 0. The fourth-order valence-corrected chi connectivity index (χ4v) is 1.72. The Morgan fingerprint density at radius 1 is 1.30 bits per heavy atom. The zero-order valence-electron chi connectivity index (χ0n) is 10.5. The van der Waals surface area contributed by atoms with Gasteiger partial charge in [-0.1, -0.05) is 23.2 Å². The van der Waals surface area contributed by atoms with Gasteiger partial charge < -0.3 is 9.47 Å². The SMILES string of the molecule is CC1=C(Cl)C(Br)OC1=O.CC1=C(Cl)COC1=O.[B]=NS. The second-order valence-corrected chi connectivity index (χ2v) is 5.34. The molecule has 0 fully saturated rings. The normalized spacial score (nSPS) is 20.6. The van der Waals surface area contributed by atoms with Gasteiger partial charge in [0, 0.05) is 0 Å². The van der Waals surface area contributed by atoms with Crippen LogP contribution in [0.1, 0.15) is 13.8 Å². The second kappa shape index (κ2) is 9.60. The monoisotopic (exact) mass is 400 g/mol. The molecular weight excluding hydrogens is 392 g/mol. The summed E-state index contributed by atoms with van der Waals surface area (Å²) in [7, 11) is 4.34. The molecule has 0 aliphatic carbocycles. The van der Waals surface area contributed by atoms with Crippen molar-refractivity contribution in [3.05, 3.63) is 21.2 Å². The van der Waals surface area contributed by atoms with E-state index in [1.54, 1.807) is 13.8 Å². The van der Waals surface area contributed by atoms with E-state index in [1.165, 1.54) is 0 Å². The maximum absolute atomic E-state index is 10.6. The Morgan fingerprint density at radius 2 is 1.80 bits per heavy atom. The molecule has 0 bridgehead atoms. The summed E-state index contributed by atoms with van der Waals surface area (Å²) in [6.45, 7) is 3.54. The molecule has 0 saturated heterocycles. The number of hydrogen-bond acceptors (Lipinski definition) is 6. The molecule has 109 valence electrons. The van der Waals surface area contributed by atoms with Gasteiger partial charge in [-0.15, -0.1) is 0 Å². The molecule has 0 amide bonds. The number of carbonyl (C=O) groups excluding carboxylic acids is 2. The first-order valence-electron chi connectivity index (χ1n) is 5.04. The van der Waals surface area contributed by atoms with Crippen molar-refractivity contribution >= 4 is 71.5 Å². The first kappa shape index (κ1) is 19.7. The Hall–Kier alpha value is -0.305. The van der Waals surface area contributed by atoms with Crippen LogP contribution in [0.2, 0.25) is 0 Å². The number of cyclic esters (lactones) is 2. The minimum absolute atomic E-state index is 0.256. The average molecular weight is 402 g/mol. The molecule has 1 atom stereocenters. The maximum atomic E-state index is 10.6. The Kier molecular flexibility index (Phi) is 9.45. The Bertz CT molecular complexity index is 484. The molecule has 10 heteroatoms. The van der Waals surface area contributed by atoms with Crippen molar-refractivity contribution < 1.29 is 19.1 Å². The molecule has 0 aromatic heterocycles. The number of nitrogens with zero attached hydrogens (tertiary/aromatic N) is 1. The van der Waals surface area contributed by atoms with E-state index in [1.807, 2.05) is 0 Å². The zero-order chi connectivity index (χ0) is 15.9. The van der Waals surface area contributed by atoms with E-state index >= 15 is 0 Å². The van der Waals surface area contributed by atoms with Gasteiger partial charge in [0.15, 0.2) is 5.01 Å². The van der Waals surface area contributed by atoms with E-state index in [4.69, 9.17) is 23.2 Å². The molecule has 2 rings (SSSR count). The van der Waals surface area contributed by atoms with Gasteiger partial charge in [-0.25, -0.2) is 9.59 Å². The van der Waals surface area contributed by atoms with Gasteiger partial charge >= 0.3 is 36.7 Å². The van der Waals surface area contributed by atoms with Crippen molar-refractivity contribution in [2.24, 2.45) is 4.30 Å². The van der Waals surface area contributed by atoms with Crippen LogP contribution in [0.3, 0.4) is 0 Å². The average Bonchev–Trinajstić information content (AvgIpc) is 2.80. The summed E-state index contributed by atoms with van der Waals surface area (Å²) in [4.78, 5) is 21.0.